The quantitative estimate of drug-likeness (QED) is 0.782. The van der Waals surface area contributed by atoms with Gasteiger partial charge in [-0.3, -0.25) is 4.90 Å². The molecule has 1 saturated heterocycles. The van der Waals surface area contributed by atoms with Crippen LogP contribution in [0.3, 0.4) is 0 Å². The van der Waals surface area contributed by atoms with E-state index in [0.29, 0.717) is 5.75 Å². The number of nitrogens with one attached hydrogen (secondary N) is 1. The maximum Gasteiger partial charge on any atom is 0.135 e. The third kappa shape index (κ3) is 3.38. The van der Waals surface area contributed by atoms with Crippen LogP contribution in [0, 0.1) is 5.41 Å². The maximum atomic E-state index is 10.5. The highest BCUT2D eigenvalue weighted by molar-refractivity contribution is 9.11. The molecule has 0 bridgehead atoms. The van der Waals surface area contributed by atoms with E-state index in [4.69, 9.17) is 0 Å². The van der Waals surface area contributed by atoms with E-state index in [1.165, 1.54) is 0 Å². The van der Waals surface area contributed by atoms with Crippen LogP contribution in [0.5, 0.6) is 5.75 Å². The molecule has 0 aliphatic carbocycles. The summed E-state index contributed by atoms with van der Waals surface area (Å²) in [5, 5.41) is 13.9. The first-order chi connectivity index (χ1) is 9.32. The molecule has 112 valence electrons. The Morgan fingerprint density at radius 2 is 1.70 bits per heavy atom. The lowest BCUT2D eigenvalue weighted by molar-refractivity contribution is 0.0836. The Hall–Kier alpha value is -0.100. The third-order valence-corrected chi connectivity index (χ3v) is 5.06. The Bertz CT molecular complexity index is 479. The molecule has 0 amide bonds. The fourth-order valence-electron chi connectivity index (χ4n) is 2.92. The van der Waals surface area contributed by atoms with Crippen LogP contribution in [-0.4, -0.2) is 36.2 Å². The SMILES string of the molecule is CC(C)(C)[C@H](c1c(Br)ccc(Br)c1O)N1CCNCC1. The summed E-state index contributed by atoms with van der Waals surface area (Å²) in [6.45, 7) is 10.7. The van der Waals surface area contributed by atoms with Crippen LogP contribution in [0.1, 0.15) is 32.4 Å². The molecule has 0 radical (unpaired) electrons. The molecule has 1 fully saturated rings. The Balaban J connectivity index is 2.49. The Morgan fingerprint density at radius 3 is 2.25 bits per heavy atom. The fourth-order valence-corrected chi connectivity index (χ4v) is 3.80. The summed E-state index contributed by atoms with van der Waals surface area (Å²) in [6.07, 6.45) is 0. The van der Waals surface area contributed by atoms with E-state index in [0.717, 1.165) is 40.7 Å². The van der Waals surface area contributed by atoms with Gasteiger partial charge in [0.2, 0.25) is 0 Å². The van der Waals surface area contributed by atoms with Crippen molar-refractivity contribution in [1.82, 2.24) is 10.2 Å². The third-order valence-electron chi connectivity index (χ3n) is 3.73. The smallest absolute Gasteiger partial charge is 0.135 e. The Kier molecular flexibility index (Phi) is 5.16. The molecule has 5 heteroatoms. The molecule has 1 aliphatic rings. The summed E-state index contributed by atoms with van der Waals surface area (Å²) in [7, 11) is 0. The molecule has 20 heavy (non-hydrogen) atoms. The number of hydrogen-bond donors (Lipinski definition) is 2. The summed E-state index contributed by atoms with van der Waals surface area (Å²) < 4.78 is 1.72. The van der Waals surface area contributed by atoms with Crippen molar-refractivity contribution < 1.29 is 5.11 Å². The molecule has 1 aliphatic heterocycles. The van der Waals surface area contributed by atoms with Crippen LogP contribution in [0.15, 0.2) is 21.1 Å². The topological polar surface area (TPSA) is 35.5 Å². The second kappa shape index (κ2) is 6.34. The average Bonchev–Trinajstić information content (AvgIpc) is 2.39. The molecule has 0 unspecified atom stereocenters. The summed E-state index contributed by atoms with van der Waals surface area (Å²) in [5.41, 5.74) is 1.02. The zero-order chi connectivity index (χ0) is 14.9. The van der Waals surface area contributed by atoms with Gasteiger partial charge in [0.15, 0.2) is 0 Å². The first-order valence-electron chi connectivity index (χ1n) is 6.94. The van der Waals surface area contributed by atoms with Gasteiger partial charge in [-0.25, -0.2) is 0 Å². The van der Waals surface area contributed by atoms with Gasteiger partial charge < -0.3 is 10.4 Å². The van der Waals surface area contributed by atoms with Crippen LogP contribution in [0.25, 0.3) is 0 Å². The van der Waals surface area contributed by atoms with Gasteiger partial charge in [0.1, 0.15) is 5.75 Å². The van der Waals surface area contributed by atoms with Crippen molar-refractivity contribution in [3.05, 3.63) is 26.6 Å². The van der Waals surface area contributed by atoms with E-state index in [1.807, 2.05) is 12.1 Å². The fraction of sp³-hybridized carbons (Fsp3) is 0.600. The maximum absolute atomic E-state index is 10.5. The number of phenols is 1. The molecule has 3 nitrogen and oxygen atoms in total. The van der Waals surface area contributed by atoms with Crippen molar-refractivity contribution in [3.8, 4) is 5.75 Å². The standard InChI is InChI=1S/C15H22Br2N2O/c1-15(2,3)14(19-8-6-18-7-9-19)12-10(16)4-5-11(17)13(12)20/h4-5,14,18,20H,6-9H2,1-3H3/t14-/m0/s1. The molecule has 2 N–H and O–H groups in total. The molecule has 1 aromatic rings. The molecular formula is C15H22Br2N2O. The molecule has 0 spiro atoms. The van der Waals surface area contributed by atoms with Crippen LogP contribution in [0.4, 0.5) is 0 Å². The number of nitrogens with zero attached hydrogens (tertiary/aromatic N) is 1. The lowest BCUT2D eigenvalue weighted by atomic mass is 9.80. The summed E-state index contributed by atoms with van der Waals surface area (Å²) in [6, 6.07) is 4.05. The van der Waals surface area contributed by atoms with Crippen LogP contribution < -0.4 is 5.32 Å². The molecule has 1 atom stereocenters. The highest BCUT2D eigenvalue weighted by atomic mass is 79.9. The van der Waals surface area contributed by atoms with Gasteiger partial charge in [-0.15, -0.1) is 0 Å². The van der Waals surface area contributed by atoms with Gasteiger partial charge >= 0.3 is 0 Å². The van der Waals surface area contributed by atoms with Crippen molar-refractivity contribution in [3.63, 3.8) is 0 Å². The largest absolute Gasteiger partial charge is 0.506 e. The normalized spacial score (nSPS) is 19.1. The van der Waals surface area contributed by atoms with Gasteiger partial charge in [-0.2, -0.15) is 0 Å². The predicted molar refractivity (Wildman–Crippen MR) is 90.1 cm³/mol. The molecule has 1 heterocycles. The lowest BCUT2D eigenvalue weighted by Gasteiger charge is -2.43. The minimum absolute atomic E-state index is 0.0398. The molecule has 2 rings (SSSR count). The average molecular weight is 406 g/mol. The number of phenolic OH excluding ortho intramolecular Hbond substituents is 1. The van der Waals surface area contributed by atoms with Crippen LogP contribution in [0.2, 0.25) is 0 Å². The molecule has 0 saturated carbocycles. The number of halogens is 2. The minimum atomic E-state index is 0.0398. The number of piperazine rings is 1. The number of hydrogen-bond acceptors (Lipinski definition) is 3. The predicted octanol–water partition coefficient (Wildman–Crippen LogP) is 3.91. The zero-order valence-electron chi connectivity index (χ0n) is 12.2. The van der Waals surface area contributed by atoms with E-state index in [2.05, 4.69) is 62.8 Å². The minimum Gasteiger partial charge on any atom is -0.506 e. The molecule has 0 aromatic heterocycles. The first kappa shape index (κ1) is 16.3. The molecule has 1 aromatic carbocycles. The summed E-state index contributed by atoms with van der Waals surface area (Å²) in [5.74, 6) is 0.345. The highest BCUT2D eigenvalue weighted by Gasteiger charge is 2.36. The van der Waals surface area contributed by atoms with Gasteiger partial charge in [0.05, 0.1) is 4.47 Å². The zero-order valence-corrected chi connectivity index (χ0v) is 15.4. The van der Waals surface area contributed by atoms with E-state index in [1.54, 1.807) is 0 Å². The van der Waals surface area contributed by atoms with Gasteiger partial charge in [-0.05, 0) is 33.5 Å². The van der Waals surface area contributed by atoms with Crippen molar-refractivity contribution in [1.29, 1.82) is 0 Å². The lowest BCUT2D eigenvalue weighted by Crippen LogP contribution is -2.48. The number of rotatable bonds is 2. The first-order valence-corrected chi connectivity index (χ1v) is 8.52. The van der Waals surface area contributed by atoms with E-state index < -0.39 is 0 Å². The van der Waals surface area contributed by atoms with E-state index >= 15 is 0 Å². The second-order valence-electron chi connectivity index (χ2n) is 6.35. The second-order valence-corrected chi connectivity index (χ2v) is 8.05. The van der Waals surface area contributed by atoms with E-state index in [9.17, 15) is 5.11 Å². The van der Waals surface area contributed by atoms with Gasteiger partial charge in [0.25, 0.3) is 0 Å². The van der Waals surface area contributed by atoms with Crippen molar-refractivity contribution in [2.45, 2.75) is 26.8 Å². The van der Waals surface area contributed by atoms with Crippen LogP contribution in [-0.2, 0) is 0 Å². The van der Waals surface area contributed by atoms with Gasteiger partial charge in [0, 0.05) is 42.3 Å². The molecular weight excluding hydrogens is 384 g/mol. The van der Waals surface area contributed by atoms with Crippen LogP contribution >= 0.6 is 31.9 Å². The van der Waals surface area contributed by atoms with E-state index in [-0.39, 0.29) is 11.5 Å². The number of aromatic hydroxyl groups is 1. The van der Waals surface area contributed by atoms with Crippen molar-refractivity contribution >= 4 is 31.9 Å². The number of benzene rings is 1. The Morgan fingerprint density at radius 1 is 1.15 bits per heavy atom. The summed E-state index contributed by atoms with van der Waals surface area (Å²) >= 11 is 7.06. The highest BCUT2D eigenvalue weighted by Crippen LogP contribution is 2.47. The van der Waals surface area contributed by atoms with Gasteiger partial charge in [-0.1, -0.05) is 36.7 Å². The monoisotopic (exact) mass is 404 g/mol. The van der Waals surface area contributed by atoms with Crippen molar-refractivity contribution in [2.24, 2.45) is 5.41 Å². The van der Waals surface area contributed by atoms with Crippen molar-refractivity contribution in [2.75, 3.05) is 26.2 Å². The Labute approximate surface area is 138 Å². The summed E-state index contributed by atoms with van der Waals surface area (Å²) in [4.78, 5) is 2.46.